The molecular formula is C13H19N3. The van der Waals surface area contributed by atoms with Gasteiger partial charge in [0, 0.05) is 19.5 Å². The van der Waals surface area contributed by atoms with Crippen molar-refractivity contribution in [2.24, 2.45) is 12.8 Å². The van der Waals surface area contributed by atoms with E-state index in [-0.39, 0.29) is 0 Å². The van der Waals surface area contributed by atoms with Gasteiger partial charge in [-0.2, -0.15) is 0 Å². The summed E-state index contributed by atoms with van der Waals surface area (Å²) in [6.07, 6.45) is 2.25. The lowest BCUT2D eigenvalue weighted by Gasteiger charge is -2.13. The van der Waals surface area contributed by atoms with E-state index in [2.05, 4.69) is 35.7 Å². The van der Waals surface area contributed by atoms with E-state index in [1.54, 1.807) is 0 Å². The third kappa shape index (κ3) is 1.83. The molecule has 86 valence electrons. The molecule has 1 heterocycles. The van der Waals surface area contributed by atoms with Crippen molar-refractivity contribution in [3.63, 3.8) is 0 Å². The quantitative estimate of drug-likeness (QED) is 0.854. The predicted molar refractivity (Wildman–Crippen MR) is 67.4 cm³/mol. The van der Waals surface area contributed by atoms with Gasteiger partial charge in [-0.25, -0.2) is 4.98 Å². The standard InChI is InChI=1S/C13H19N3/c1-3-6-10(9-14)13-15-11-7-4-5-8-12(11)16(13)2/h4-5,7-8,10H,3,6,9,14H2,1-2H3. The van der Waals surface area contributed by atoms with Crippen molar-refractivity contribution in [2.75, 3.05) is 6.54 Å². The molecule has 0 fully saturated rings. The number of aromatic nitrogens is 2. The molecule has 2 aromatic rings. The number of nitrogens with two attached hydrogens (primary N) is 1. The summed E-state index contributed by atoms with van der Waals surface area (Å²) in [5.74, 6) is 1.49. The minimum Gasteiger partial charge on any atom is -0.331 e. The van der Waals surface area contributed by atoms with Gasteiger partial charge in [-0.1, -0.05) is 25.5 Å². The van der Waals surface area contributed by atoms with Gasteiger partial charge in [-0.15, -0.1) is 0 Å². The van der Waals surface area contributed by atoms with Crippen LogP contribution in [-0.2, 0) is 7.05 Å². The highest BCUT2D eigenvalue weighted by molar-refractivity contribution is 5.75. The number of benzene rings is 1. The van der Waals surface area contributed by atoms with Crippen molar-refractivity contribution in [1.29, 1.82) is 0 Å². The highest BCUT2D eigenvalue weighted by Crippen LogP contribution is 2.23. The van der Waals surface area contributed by atoms with E-state index in [0.717, 1.165) is 24.2 Å². The summed E-state index contributed by atoms with van der Waals surface area (Å²) >= 11 is 0. The average molecular weight is 217 g/mol. The van der Waals surface area contributed by atoms with Crippen LogP contribution in [0, 0.1) is 0 Å². The second-order valence-corrected chi connectivity index (χ2v) is 4.24. The van der Waals surface area contributed by atoms with Crippen molar-refractivity contribution in [1.82, 2.24) is 9.55 Å². The fourth-order valence-corrected chi connectivity index (χ4v) is 2.23. The Morgan fingerprint density at radius 1 is 1.38 bits per heavy atom. The van der Waals surface area contributed by atoms with E-state index in [0.29, 0.717) is 12.5 Å². The Hall–Kier alpha value is -1.35. The van der Waals surface area contributed by atoms with Gasteiger partial charge >= 0.3 is 0 Å². The zero-order valence-corrected chi connectivity index (χ0v) is 9.98. The molecule has 0 aliphatic heterocycles. The number of nitrogens with zero attached hydrogens (tertiary/aromatic N) is 2. The van der Waals surface area contributed by atoms with Gasteiger partial charge in [0.25, 0.3) is 0 Å². The van der Waals surface area contributed by atoms with Crippen LogP contribution in [0.5, 0.6) is 0 Å². The first kappa shape index (κ1) is 11.1. The van der Waals surface area contributed by atoms with E-state index >= 15 is 0 Å². The largest absolute Gasteiger partial charge is 0.331 e. The molecule has 2 rings (SSSR count). The molecule has 1 atom stereocenters. The predicted octanol–water partition coefficient (Wildman–Crippen LogP) is 2.42. The molecule has 1 aromatic heterocycles. The van der Waals surface area contributed by atoms with Crippen LogP contribution in [0.1, 0.15) is 31.5 Å². The zero-order valence-electron chi connectivity index (χ0n) is 9.98. The summed E-state index contributed by atoms with van der Waals surface area (Å²) in [5.41, 5.74) is 8.08. The molecule has 0 saturated carbocycles. The smallest absolute Gasteiger partial charge is 0.114 e. The molecule has 1 unspecified atom stereocenters. The number of rotatable bonds is 4. The number of imidazole rings is 1. The Balaban J connectivity index is 2.47. The van der Waals surface area contributed by atoms with Gasteiger partial charge in [0.15, 0.2) is 0 Å². The molecule has 16 heavy (non-hydrogen) atoms. The molecule has 0 amide bonds. The number of fused-ring (bicyclic) bond motifs is 1. The van der Waals surface area contributed by atoms with Crippen molar-refractivity contribution < 1.29 is 0 Å². The van der Waals surface area contributed by atoms with Crippen LogP contribution in [0.15, 0.2) is 24.3 Å². The molecule has 3 nitrogen and oxygen atoms in total. The Morgan fingerprint density at radius 3 is 2.75 bits per heavy atom. The summed E-state index contributed by atoms with van der Waals surface area (Å²) in [6.45, 7) is 2.86. The van der Waals surface area contributed by atoms with Crippen LogP contribution < -0.4 is 5.73 Å². The van der Waals surface area contributed by atoms with Crippen LogP contribution in [0.3, 0.4) is 0 Å². The maximum atomic E-state index is 5.83. The molecular weight excluding hydrogens is 198 g/mol. The van der Waals surface area contributed by atoms with Gasteiger partial charge in [-0.3, -0.25) is 0 Å². The molecule has 1 aromatic carbocycles. The first-order valence-electron chi connectivity index (χ1n) is 5.89. The lowest BCUT2D eigenvalue weighted by molar-refractivity contribution is 0.572. The third-order valence-corrected chi connectivity index (χ3v) is 3.11. The molecule has 0 bridgehead atoms. The lowest BCUT2D eigenvalue weighted by Crippen LogP contribution is -2.16. The normalized spacial score (nSPS) is 13.2. The number of hydrogen-bond acceptors (Lipinski definition) is 2. The molecule has 0 saturated heterocycles. The maximum absolute atomic E-state index is 5.83. The topological polar surface area (TPSA) is 43.8 Å². The van der Waals surface area contributed by atoms with Crippen molar-refractivity contribution in [2.45, 2.75) is 25.7 Å². The van der Waals surface area contributed by atoms with Crippen LogP contribution in [0.4, 0.5) is 0 Å². The van der Waals surface area contributed by atoms with Gasteiger partial charge in [0.2, 0.25) is 0 Å². The molecule has 0 spiro atoms. The van der Waals surface area contributed by atoms with Gasteiger partial charge in [-0.05, 0) is 18.6 Å². The van der Waals surface area contributed by atoms with E-state index in [1.165, 1.54) is 5.52 Å². The van der Waals surface area contributed by atoms with Crippen LogP contribution in [0.2, 0.25) is 0 Å². The lowest BCUT2D eigenvalue weighted by atomic mass is 10.0. The average Bonchev–Trinajstić information content (AvgIpc) is 2.64. The van der Waals surface area contributed by atoms with Gasteiger partial charge < -0.3 is 10.3 Å². The van der Waals surface area contributed by atoms with E-state index in [9.17, 15) is 0 Å². The second-order valence-electron chi connectivity index (χ2n) is 4.24. The van der Waals surface area contributed by atoms with Crippen LogP contribution in [-0.4, -0.2) is 16.1 Å². The van der Waals surface area contributed by atoms with E-state index < -0.39 is 0 Å². The Bertz CT molecular complexity index is 473. The Labute approximate surface area is 96.3 Å². The Morgan fingerprint density at radius 2 is 2.12 bits per heavy atom. The highest BCUT2D eigenvalue weighted by atomic mass is 15.1. The fraction of sp³-hybridized carbons (Fsp3) is 0.462. The third-order valence-electron chi connectivity index (χ3n) is 3.11. The summed E-state index contributed by atoms with van der Waals surface area (Å²) in [5, 5.41) is 0. The monoisotopic (exact) mass is 217 g/mol. The zero-order chi connectivity index (χ0) is 11.5. The van der Waals surface area contributed by atoms with Gasteiger partial charge in [0.05, 0.1) is 11.0 Å². The van der Waals surface area contributed by atoms with E-state index in [1.807, 2.05) is 12.1 Å². The number of aryl methyl sites for hydroxylation is 1. The summed E-state index contributed by atoms with van der Waals surface area (Å²) in [6, 6.07) is 8.23. The van der Waals surface area contributed by atoms with Crippen molar-refractivity contribution in [3.05, 3.63) is 30.1 Å². The minimum absolute atomic E-state index is 0.377. The number of para-hydroxylation sites is 2. The molecule has 0 aliphatic carbocycles. The molecule has 0 aliphatic rings. The molecule has 3 heteroatoms. The minimum atomic E-state index is 0.377. The van der Waals surface area contributed by atoms with Crippen molar-refractivity contribution >= 4 is 11.0 Å². The first-order valence-corrected chi connectivity index (χ1v) is 5.89. The fourth-order valence-electron chi connectivity index (χ4n) is 2.23. The Kier molecular flexibility index (Phi) is 3.25. The maximum Gasteiger partial charge on any atom is 0.114 e. The van der Waals surface area contributed by atoms with Crippen LogP contribution >= 0.6 is 0 Å². The second kappa shape index (κ2) is 4.66. The first-order chi connectivity index (χ1) is 7.77. The summed E-state index contributed by atoms with van der Waals surface area (Å²) in [7, 11) is 2.07. The molecule has 2 N–H and O–H groups in total. The molecule has 0 radical (unpaired) electrons. The van der Waals surface area contributed by atoms with E-state index in [4.69, 9.17) is 5.73 Å². The highest BCUT2D eigenvalue weighted by Gasteiger charge is 2.16. The number of hydrogen-bond donors (Lipinski definition) is 1. The van der Waals surface area contributed by atoms with Gasteiger partial charge in [0.1, 0.15) is 5.82 Å². The summed E-state index contributed by atoms with van der Waals surface area (Å²) < 4.78 is 2.17. The summed E-state index contributed by atoms with van der Waals surface area (Å²) in [4.78, 5) is 4.69. The van der Waals surface area contributed by atoms with Crippen LogP contribution in [0.25, 0.3) is 11.0 Å². The van der Waals surface area contributed by atoms with Crippen molar-refractivity contribution in [3.8, 4) is 0 Å². The SMILES string of the molecule is CCCC(CN)c1nc2ccccc2n1C.